The third-order valence-corrected chi connectivity index (χ3v) is 5.54. The monoisotopic (exact) mass is 272 g/mol. The number of likely N-dealkylation sites (tertiary alicyclic amines) is 1. The standard InChI is InChI=1S/C15H32N2S/c1-5-15(6-2,13-18)12-16(4)11-14-9-8-10-17(14)7-3/h14,18H,5-13H2,1-4H3. The Hall–Kier alpha value is 0.270. The molecule has 0 aromatic rings. The molecule has 1 rings (SSSR count). The number of rotatable bonds is 8. The maximum Gasteiger partial charge on any atom is 0.0223 e. The molecule has 108 valence electrons. The summed E-state index contributed by atoms with van der Waals surface area (Å²) in [7, 11) is 2.29. The second-order valence-corrected chi connectivity index (χ2v) is 6.30. The zero-order valence-corrected chi connectivity index (χ0v) is 13.7. The average molecular weight is 273 g/mol. The third kappa shape index (κ3) is 4.14. The van der Waals surface area contributed by atoms with E-state index in [1.807, 2.05) is 0 Å². The summed E-state index contributed by atoms with van der Waals surface area (Å²) < 4.78 is 0. The molecule has 1 heterocycles. The van der Waals surface area contributed by atoms with E-state index >= 15 is 0 Å². The number of thiol groups is 1. The van der Waals surface area contributed by atoms with Crippen molar-refractivity contribution >= 4 is 12.6 Å². The van der Waals surface area contributed by atoms with Gasteiger partial charge in [0.1, 0.15) is 0 Å². The van der Waals surface area contributed by atoms with Crippen LogP contribution in [0.15, 0.2) is 0 Å². The quantitative estimate of drug-likeness (QED) is 0.678. The van der Waals surface area contributed by atoms with Gasteiger partial charge in [0.15, 0.2) is 0 Å². The molecule has 0 aromatic carbocycles. The lowest BCUT2D eigenvalue weighted by atomic mass is 9.84. The minimum atomic E-state index is 0.410. The van der Waals surface area contributed by atoms with Crippen LogP contribution in [0.5, 0.6) is 0 Å². The van der Waals surface area contributed by atoms with Gasteiger partial charge in [-0.25, -0.2) is 0 Å². The fraction of sp³-hybridized carbons (Fsp3) is 1.00. The van der Waals surface area contributed by atoms with Crippen LogP contribution in [-0.2, 0) is 0 Å². The van der Waals surface area contributed by atoms with Gasteiger partial charge >= 0.3 is 0 Å². The van der Waals surface area contributed by atoms with Gasteiger partial charge in [-0.05, 0) is 57.0 Å². The Morgan fingerprint density at radius 2 is 1.94 bits per heavy atom. The molecule has 0 saturated carbocycles. The Morgan fingerprint density at radius 3 is 2.44 bits per heavy atom. The zero-order chi connectivity index (χ0) is 13.6. The largest absolute Gasteiger partial charge is 0.304 e. The minimum Gasteiger partial charge on any atom is -0.304 e. The van der Waals surface area contributed by atoms with E-state index < -0.39 is 0 Å². The van der Waals surface area contributed by atoms with Crippen molar-refractivity contribution in [1.82, 2.24) is 9.80 Å². The lowest BCUT2D eigenvalue weighted by Crippen LogP contribution is -2.43. The maximum absolute atomic E-state index is 4.58. The highest BCUT2D eigenvalue weighted by molar-refractivity contribution is 7.80. The van der Waals surface area contributed by atoms with E-state index in [0.717, 1.165) is 11.8 Å². The van der Waals surface area contributed by atoms with Crippen LogP contribution in [0.25, 0.3) is 0 Å². The van der Waals surface area contributed by atoms with E-state index in [9.17, 15) is 0 Å². The SMILES string of the molecule is CCN1CCCC1CN(C)CC(CC)(CC)CS. The van der Waals surface area contributed by atoms with Crippen LogP contribution in [0.3, 0.4) is 0 Å². The second-order valence-electron chi connectivity index (χ2n) is 5.99. The Morgan fingerprint density at radius 1 is 1.28 bits per heavy atom. The predicted molar refractivity (Wildman–Crippen MR) is 84.6 cm³/mol. The molecule has 0 aliphatic carbocycles. The molecule has 1 aliphatic heterocycles. The van der Waals surface area contributed by atoms with Crippen LogP contribution >= 0.6 is 12.6 Å². The molecule has 0 spiro atoms. The normalized spacial score (nSPS) is 22.0. The summed E-state index contributed by atoms with van der Waals surface area (Å²) in [4.78, 5) is 5.18. The van der Waals surface area contributed by atoms with Crippen molar-refractivity contribution in [2.75, 3.05) is 39.0 Å². The molecule has 18 heavy (non-hydrogen) atoms. The summed E-state index contributed by atoms with van der Waals surface area (Å²) in [6, 6.07) is 0.784. The predicted octanol–water partition coefficient (Wildman–Crippen LogP) is 3.14. The molecule has 1 atom stereocenters. The van der Waals surface area contributed by atoms with E-state index in [1.165, 1.54) is 51.9 Å². The van der Waals surface area contributed by atoms with Crippen LogP contribution < -0.4 is 0 Å². The summed E-state index contributed by atoms with van der Waals surface area (Å²) in [6.45, 7) is 11.8. The van der Waals surface area contributed by atoms with Crippen molar-refractivity contribution in [2.45, 2.75) is 52.5 Å². The topological polar surface area (TPSA) is 6.48 Å². The van der Waals surface area contributed by atoms with Crippen LogP contribution in [-0.4, -0.2) is 54.8 Å². The molecule has 1 saturated heterocycles. The Bertz CT molecular complexity index is 220. The highest BCUT2D eigenvalue weighted by atomic mass is 32.1. The number of hydrogen-bond acceptors (Lipinski definition) is 3. The number of hydrogen-bond donors (Lipinski definition) is 1. The lowest BCUT2D eigenvalue weighted by molar-refractivity contribution is 0.143. The molecule has 1 fully saturated rings. The van der Waals surface area contributed by atoms with E-state index in [4.69, 9.17) is 0 Å². The van der Waals surface area contributed by atoms with Crippen LogP contribution in [0, 0.1) is 5.41 Å². The molecule has 0 amide bonds. The van der Waals surface area contributed by atoms with Crippen molar-refractivity contribution in [3.63, 3.8) is 0 Å². The van der Waals surface area contributed by atoms with Gasteiger partial charge in [-0.1, -0.05) is 20.8 Å². The smallest absolute Gasteiger partial charge is 0.0223 e. The molecule has 0 N–H and O–H groups in total. The molecule has 0 aromatic heterocycles. The van der Waals surface area contributed by atoms with Gasteiger partial charge in [0.25, 0.3) is 0 Å². The molecular formula is C15H32N2S. The van der Waals surface area contributed by atoms with Crippen LogP contribution in [0.2, 0.25) is 0 Å². The Labute approximate surface area is 120 Å². The Balaban J connectivity index is 2.47. The van der Waals surface area contributed by atoms with E-state index in [-0.39, 0.29) is 0 Å². The zero-order valence-electron chi connectivity index (χ0n) is 12.8. The van der Waals surface area contributed by atoms with Crippen molar-refractivity contribution in [3.05, 3.63) is 0 Å². The first-order valence-electron chi connectivity index (χ1n) is 7.64. The van der Waals surface area contributed by atoms with Crippen molar-refractivity contribution in [2.24, 2.45) is 5.41 Å². The Kier molecular flexibility index (Phi) is 7.04. The number of likely N-dealkylation sites (N-methyl/N-ethyl adjacent to an activating group) is 2. The highest BCUT2D eigenvalue weighted by Crippen LogP contribution is 2.29. The maximum atomic E-state index is 4.58. The van der Waals surface area contributed by atoms with Gasteiger partial charge in [0, 0.05) is 19.1 Å². The van der Waals surface area contributed by atoms with Crippen molar-refractivity contribution in [1.29, 1.82) is 0 Å². The number of nitrogens with zero attached hydrogens (tertiary/aromatic N) is 2. The second kappa shape index (κ2) is 7.76. The highest BCUT2D eigenvalue weighted by Gasteiger charge is 2.29. The first-order chi connectivity index (χ1) is 8.60. The molecular weight excluding hydrogens is 240 g/mol. The molecule has 0 radical (unpaired) electrons. The third-order valence-electron chi connectivity index (χ3n) is 4.87. The van der Waals surface area contributed by atoms with Gasteiger partial charge in [-0.3, -0.25) is 4.90 Å². The van der Waals surface area contributed by atoms with E-state index in [1.54, 1.807) is 0 Å². The van der Waals surface area contributed by atoms with Gasteiger partial charge in [-0.2, -0.15) is 12.6 Å². The van der Waals surface area contributed by atoms with Gasteiger partial charge in [0.05, 0.1) is 0 Å². The average Bonchev–Trinajstić information content (AvgIpc) is 2.83. The molecule has 1 unspecified atom stereocenters. The summed E-state index contributed by atoms with van der Waals surface area (Å²) in [5.41, 5.74) is 0.410. The first-order valence-corrected chi connectivity index (χ1v) is 8.27. The lowest BCUT2D eigenvalue weighted by Gasteiger charge is -2.36. The van der Waals surface area contributed by atoms with Crippen molar-refractivity contribution in [3.8, 4) is 0 Å². The summed E-state index contributed by atoms with van der Waals surface area (Å²) in [5, 5.41) is 0. The molecule has 0 bridgehead atoms. The van der Waals surface area contributed by atoms with Crippen molar-refractivity contribution < 1.29 is 0 Å². The van der Waals surface area contributed by atoms with Gasteiger partial charge < -0.3 is 4.90 Å². The van der Waals surface area contributed by atoms with Gasteiger partial charge in [-0.15, -0.1) is 0 Å². The summed E-state index contributed by atoms with van der Waals surface area (Å²) in [6.07, 6.45) is 5.23. The van der Waals surface area contributed by atoms with E-state index in [0.29, 0.717) is 5.41 Å². The first kappa shape index (κ1) is 16.3. The fourth-order valence-corrected chi connectivity index (χ4v) is 3.81. The summed E-state index contributed by atoms with van der Waals surface area (Å²) >= 11 is 4.58. The van der Waals surface area contributed by atoms with Gasteiger partial charge in [0.2, 0.25) is 0 Å². The minimum absolute atomic E-state index is 0.410. The van der Waals surface area contributed by atoms with Crippen LogP contribution in [0.1, 0.15) is 46.5 Å². The summed E-state index contributed by atoms with van der Waals surface area (Å²) in [5.74, 6) is 1.01. The molecule has 3 heteroatoms. The van der Waals surface area contributed by atoms with E-state index in [2.05, 4.69) is 50.2 Å². The molecule has 1 aliphatic rings. The molecule has 2 nitrogen and oxygen atoms in total. The fourth-order valence-electron chi connectivity index (χ4n) is 3.26. The van der Waals surface area contributed by atoms with Crippen LogP contribution in [0.4, 0.5) is 0 Å².